The highest BCUT2D eigenvalue weighted by molar-refractivity contribution is 5.12. The van der Waals surface area contributed by atoms with E-state index in [0.717, 1.165) is 6.54 Å². The minimum absolute atomic E-state index is 0. The number of quaternary nitrogens is 1. The number of benzene rings is 1. The molecule has 0 spiro atoms. The normalized spacial score (nSPS) is 9.50. The van der Waals surface area contributed by atoms with Gasteiger partial charge in [-0.25, -0.2) is 0 Å². The maximum Gasteiger partial charge on any atom is 0.101 e. The third kappa shape index (κ3) is 6.17. The van der Waals surface area contributed by atoms with Crippen LogP contribution in [-0.4, -0.2) is 6.54 Å². The molecule has 1 nitrogen and oxygen atoms in total. The van der Waals surface area contributed by atoms with Gasteiger partial charge in [-0.05, 0) is 12.8 Å². The van der Waals surface area contributed by atoms with Crippen LogP contribution >= 0.6 is 0 Å². The van der Waals surface area contributed by atoms with E-state index in [9.17, 15) is 0 Å². The van der Waals surface area contributed by atoms with Crippen LogP contribution in [-0.2, 0) is 6.54 Å². The summed E-state index contributed by atoms with van der Waals surface area (Å²) in [4.78, 5) is 0. The third-order valence-corrected chi connectivity index (χ3v) is 2.23. The van der Waals surface area contributed by atoms with E-state index in [1.165, 1.54) is 31.4 Å². The second-order valence-corrected chi connectivity index (χ2v) is 3.47. The van der Waals surface area contributed by atoms with E-state index in [4.69, 9.17) is 0 Å². The standard InChI is InChI=1S/C12H19N.BrH/c1-2-3-7-10-13-11-12-8-5-4-6-9-12;/h4-6,8-9,13H,2-3,7,10-11H2,1H3;1H. The Bertz CT molecular complexity index is 211. The molecule has 1 aromatic rings. The summed E-state index contributed by atoms with van der Waals surface area (Å²) >= 11 is 0. The fourth-order valence-electron chi connectivity index (χ4n) is 1.42. The minimum atomic E-state index is 0. The number of hydrogen-bond acceptors (Lipinski definition) is 0. The molecule has 0 atom stereocenters. The van der Waals surface area contributed by atoms with Gasteiger partial charge in [0.25, 0.3) is 0 Å². The fraction of sp³-hybridized carbons (Fsp3) is 0.500. The van der Waals surface area contributed by atoms with Crippen molar-refractivity contribution >= 4 is 0 Å². The molecule has 0 aliphatic heterocycles. The zero-order chi connectivity index (χ0) is 9.36. The number of rotatable bonds is 6. The van der Waals surface area contributed by atoms with Crippen LogP contribution in [0.1, 0.15) is 31.7 Å². The van der Waals surface area contributed by atoms with Crippen LogP contribution in [0.4, 0.5) is 0 Å². The number of nitrogens with two attached hydrogens (primary N) is 1. The fourth-order valence-corrected chi connectivity index (χ4v) is 1.42. The summed E-state index contributed by atoms with van der Waals surface area (Å²) in [5.74, 6) is 0. The minimum Gasteiger partial charge on any atom is -1.00 e. The molecule has 0 heterocycles. The van der Waals surface area contributed by atoms with E-state index < -0.39 is 0 Å². The van der Waals surface area contributed by atoms with Gasteiger partial charge in [0.2, 0.25) is 0 Å². The maximum atomic E-state index is 2.39. The lowest BCUT2D eigenvalue weighted by Crippen LogP contribution is -3.00. The lowest BCUT2D eigenvalue weighted by molar-refractivity contribution is -0.671. The summed E-state index contributed by atoms with van der Waals surface area (Å²) in [6.07, 6.45) is 4.04. The molecule has 0 radical (unpaired) electrons. The summed E-state index contributed by atoms with van der Waals surface area (Å²) in [5, 5.41) is 2.39. The molecule has 0 amide bonds. The van der Waals surface area contributed by atoms with Gasteiger partial charge in [-0.1, -0.05) is 43.7 Å². The van der Waals surface area contributed by atoms with Crippen LogP contribution < -0.4 is 22.3 Å². The number of halogens is 1. The Labute approximate surface area is 97.7 Å². The Morgan fingerprint density at radius 2 is 1.79 bits per heavy atom. The Morgan fingerprint density at radius 1 is 1.07 bits per heavy atom. The molecular weight excluding hydrogens is 238 g/mol. The Morgan fingerprint density at radius 3 is 2.43 bits per heavy atom. The van der Waals surface area contributed by atoms with E-state index in [1.54, 1.807) is 0 Å². The van der Waals surface area contributed by atoms with Crippen molar-refractivity contribution in [3.05, 3.63) is 35.9 Å². The SMILES string of the molecule is CCCCC[NH2+]Cc1ccccc1.[Br-]. The van der Waals surface area contributed by atoms with E-state index in [-0.39, 0.29) is 17.0 Å². The van der Waals surface area contributed by atoms with E-state index in [1.807, 2.05) is 0 Å². The third-order valence-electron chi connectivity index (χ3n) is 2.23. The first-order valence-electron chi connectivity index (χ1n) is 5.29. The first-order chi connectivity index (χ1) is 6.43. The average Bonchev–Trinajstić information content (AvgIpc) is 2.19. The van der Waals surface area contributed by atoms with Gasteiger partial charge in [-0.3, -0.25) is 0 Å². The Hall–Kier alpha value is -0.340. The van der Waals surface area contributed by atoms with Crippen LogP contribution in [0.2, 0.25) is 0 Å². The van der Waals surface area contributed by atoms with Gasteiger partial charge >= 0.3 is 0 Å². The maximum absolute atomic E-state index is 2.39. The van der Waals surface area contributed by atoms with Crippen molar-refractivity contribution < 1.29 is 22.3 Å². The first-order valence-corrected chi connectivity index (χ1v) is 5.29. The van der Waals surface area contributed by atoms with Crippen molar-refractivity contribution in [2.75, 3.05) is 6.54 Å². The second kappa shape index (κ2) is 9.22. The Balaban J connectivity index is 0.00000169. The van der Waals surface area contributed by atoms with Crippen LogP contribution in [0.3, 0.4) is 0 Å². The van der Waals surface area contributed by atoms with Crippen molar-refractivity contribution in [2.45, 2.75) is 32.7 Å². The molecular formula is C12H20BrN. The summed E-state index contributed by atoms with van der Waals surface area (Å²) in [7, 11) is 0. The van der Waals surface area contributed by atoms with Crippen molar-refractivity contribution in [1.29, 1.82) is 0 Å². The molecule has 2 heteroatoms. The molecule has 0 fully saturated rings. The zero-order valence-electron chi connectivity index (χ0n) is 8.88. The van der Waals surface area contributed by atoms with Gasteiger partial charge in [-0.2, -0.15) is 0 Å². The molecule has 14 heavy (non-hydrogen) atoms. The molecule has 2 N–H and O–H groups in total. The number of unbranched alkanes of at least 4 members (excludes halogenated alkanes) is 2. The molecule has 0 bridgehead atoms. The molecule has 80 valence electrons. The summed E-state index contributed by atoms with van der Waals surface area (Å²) in [6.45, 7) is 4.64. The quantitative estimate of drug-likeness (QED) is 0.627. The lowest BCUT2D eigenvalue weighted by Gasteiger charge is -2.00. The molecule has 1 rings (SSSR count). The van der Waals surface area contributed by atoms with Crippen LogP contribution in [0.5, 0.6) is 0 Å². The summed E-state index contributed by atoms with van der Waals surface area (Å²) in [6, 6.07) is 10.7. The molecule has 0 aliphatic rings. The predicted molar refractivity (Wildman–Crippen MR) is 56.5 cm³/mol. The highest BCUT2D eigenvalue weighted by Crippen LogP contribution is 1.94. The first kappa shape index (κ1) is 13.7. The van der Waals surface area contributed by atoms with E-state index >= 15 is 0 Å². The van der Waals surface area contributed by atoms with E-state index in [2.05, 4.69) is 42.6 Å². The predicted octanol–water partition coefficient (Wildman–Crippen LogP) is -1.06. The van der Waals surface area contributed by atoms with Crippen molar-refractivity contribution in [3.8, 4) is 0 Å². The van der Waals surface area contributed by atoms with Crippen LogP contribution in [0.25, 0.3) is 0 Å². The molecule has 0 unspecified atom stereocenters. The van der Waals surface area contributed by atoms with Crippen molar-refractivity contribution in [2.24, 2.45) is 0 Å². The highest BCUT2D eigenvalue weighted by Gasteiger charge is 1.93. The number of hydrogen-bond donors (Lipinski definition) is 1. The van der Waals surface area contributed by atoms with Gasteiger partial charge in [-0.15, -0.1) is 0 Å². The molecule has 0 aliphatic carbocycles. The highest BCUT2D eigenvalue weighted by atomic mass is 79.9. The monoisotopic (exact) mass is 257 g/mol. The molecule has 0 aromatic heterocycles. The molecule has 0 saturated heterocycles. The van der Waals surface area contributed by atoms with E-state index in [0.29, 0.717) is 0 Å². The average molecular weight is 258 g/mol. The largest absolute Gasteiger partial charge is 1.00 e. The zero-order valence-corrected chi connectivity index (χ0v) is 10.5. The van der Waals surface area contributed by atoms with Crippen LogP contribution in [0.15, 0.2) is 30.3 Å². The molecule has 0 saturated carbocycles. The Kier molecular flexibility index (Phi) is 9.00. The van der Waals surface area contributed by atoms with Gasteiger partial charge in [0.05, 0.1) is 6.54 Å². The van der Waals surface area contributed by atoms with Gasteiger partial charge in [0.15, 0.2) is 0 Å². The van der Waals surface area contributed by atoms with Crippen LogP contribution in [0, 0.1) is 0 Å². The summed E-state index contributed by atoms with van der Waals surface area (Å²) < 4.78 is 0. The molecule has 1 aromatic carbocycles. The van der Waals surface area contributed by atoms with Gasteiger partial charge in [0.1, 0.15) is 6.54 Å². The summed E-state index contributed by atoms with van der Waals surface area (Å²) in [5.41, 5.74) is 1.43. The van der Waals surface area contributed by atoms with Crippen molar-refractivity contribution in [3.63, 3.8) is 0 Å². The smallest absolute Gasteiger partial charge is 0.101 e. The lowest BCUT2D eigenvalue weighted by atomic mass is 10.2. The topological polar surface area (TPSA) is 16.6 Å². The van der Waals surface area contributed by atoms with Crippen molar-refractivity contribution in [1.82, 2.24) is 0 Å². The second-order valence-electron chi connectivity index (χ2n) is 3.47. The van der Waals surface area contributed by atoms with Gasteiger partial charge in [0, 0.05) is 5.56 Å². The van der Waals surface area contributed by atoms with Gasteiger partial charge < -0.3 is 22.3 Å².